The third kappa shape index (κ3) is 3.65. The van der Waals surface area contributed by atoms with Gasteiger partial charge in [-0.1, -0.05) is 0 Å². The zero-order valence-electron chi connectivity index (χ0n) is 7.77. The molecule has 8 heteroatoms. The number of hydroxylamine groups is 1. The molecule has 1 aromatic rings. The Labute approximate surface area is 84.9 Å². The third-order valence-corrected chi connectivity index (χ3v) is 1.55. The fourth-order valence-corrected chi connectivity index (χ4v) is 0.893. The minimum atomic E-state index is -0.961. The number of primary amides is 1. The largest absolute Gasteiger partial charge is 0.349 e. The van der Waals surface area contributed by atoms with E-state index in [9.17, 15) is 9.59 Å². The average Bonchev–Trinajstić information content (AvgIpc) is 2.66. The van der Waals surface area contributed by atoms with Crippen LogP contribution in [0.15, 0.2) is 12.5 Å². The van der Waals surface area contributed by atoms with Gasteiger partial charge in [-0.05, 0) is 0 Å². The van der Waals surface area contributed by atoms with Crippen molar-refractivity contribution in [3.63, 3.8) is 0 Å². The van der Waals surface area contributed by atoms with Crippen molar-refractivity contribution in [1.29, 1.82) is 0 Å². The Kier molecular flexibility index (Phi) is 3.63. The highest BCUT2D eigenvalue weighted by atomic mass is 16.7. The van der Waals surface area contributed by atoms with Gasteiger partial charge in [-0.15, -0.1) is 0 Å². The van der Waals surface area contributed by atoms with Crippen LogP contribution in [0.4, 0.5) is 4.79 Å². The van der Waals surface area contributed by atoms with Gasteiger partial charge < -0.3 is 21.3 Å². The summed E-state index contributed by atoms with van der Waals surface area (Å²) in [5.41, 5.74) is 12.6. The Bertz CT molecular complexity index is 336. The van der Waals surface area contributed by atoms with Gasteiger partial charge in [-0.2, -0.15) is 5.48 Å². The summed E-state index contributed by atoms with van der Waals surface area (Å²) in [4.78, 5) is 32.2. The highest BCUT2D eigenvalue weighted by Crippen LogP contribution is 1.97. The zero-order valence-corrected chi connectivity index (χ0v) is 7.77. The van der Waals surface area contributed by atoms with Gasteiger partial charge >= 0.3 is 12.0 Å². The Balaban J connectivity index is 2.36. The van der Waals surface area contributed by atoms with Crippen LogP contribution in [0, 0.1) is 0 Å². The van der Waals surface area contributed by atoms with Crippen LogP contribution in [0.2, 0.25) is 0 Å². The van der Waals surface area contributed by atoms with Gasteiger partial charge in [0.15, 0.2) is 0 Å². The fourth-order valence-electron chi connectivity index (χ4n) is 0.893. The molecular formula is C7H11N5O3. The number of nitrogens with one attached hydrogen (secondary N) is 2. The number of aromatic nitrogens is 2. The molecule has 0 aliphatic carbocycles. The van der Waals surface area contributed by atoms with Crippen molar-refractivity contribution < 1.29 is 14.4 Å². The van der Waals surface area contributed by atoms with Gasteiger partial charge in [0.25, 0.3) is 0 Å². The smallest absolute Gasteiger partial charge is 0.349 e. The van der Waals surface area contributed by atoms with Crippen molar-refractivity contribution in [2.45, 2.75) is 12.5 Å². The summed E-state index contributed by atoms with van der Waals surface area (Å²) in [6.45, 7) is 0. The predicted octanol–water partition coefficient (Wildman–Crippen LogP) is -1.59. The number of carbonyl (C=O) groups is 2. The number of hydrogen-bond acceptors (Lipinski definition) is 5. The molecule has 15 heavy (non-hydrogen) atoms. The first kappa shape index (κ1) is 11.0. The highest BCUT2D eigenvalue weighted by molar-refractivity contribution is 5.78. The van der Waals surface area contributed by atoms with Crippen LogP contribution in [0.3, 0.4) is 0 Å². The van der Waals surface area contributed by atoms with Gasteiger partial charge in [0, 0.05) is 18.3 Å². The SMILES string of the molecule is NC(=O)NOC(=O)[C@@H](N)Cc1cnc[nH]1. The Morgan fingerprint density at radius 2 is 2.40 bits per heavy atom. The molecule has 6 N–H and O–H groups in total. The highest BCUT2D eigenvalue weighted by Gasteiger charge is 2.17. The molecule has 0 aliphatic rings. The van der Waals surface area contributed by atoms with Crippen LogP contribution in [0.1, 0.15) is 5.69 Å². The molecule has 1 atom stereocenters. The normalized spacial score (nSPS) is 11.8. The second-order valence-electron chi connectivity index (χ2n) is 2.77. The molecule has 0 spiro atoms. The number of carbonyl (C=O) groups excluding carboxylic acids is 2. The van der Waals surface area contributed by atoms with E-state index in [1.54, 1.807) is 5.48 Å². The standard InChI is InChI=1S/C7H11N5O3/c8-5(1-4-2-10-3-11-4)6(13)15-12-7(9)14/h2-3,5H,1,8H2,(H,10,11)(H3,9,12,14)/t5-/m0/s1. The maximum Gasteiger partial charge on any atom is 0.349 e. The van der Waals surface area contributed by atoms with Crippen LogP contribution in [-0.2, 0) is 16.1 Å². The van der Waals surface area contributed by atoms with Gasteiger partial charge in [0.1, 0.15) is 6.04 Å². The molecule has 0 radical (unpaired) electrons. The molecule has 1 heterocycles. The molecule has 0 saturated heterocycles. The van der Waals surface area contributed by atoms with Crippen LogP contribution >= 0.6 is 0 Å². The molecule has 82 valence electrons. The quantitative estimate of drug-likeness (QED) is 0.448. The molecule has 0 unspecified atom stereocenters. The topological polar surface area (TPSA) is 136 Å². The van der Waals surface area contributed by atoms with E-state index >= 15 is 0 Å². The Morgan fingerprint density at radius 3 is 2.93 bits per heavy atom. The van der Waals surface area contributed by atoms with E-state index in [0.29, 0.717) is 5.69 Å². The molecule has 0 aromatic carbocycles. The number of nitrogens with zero attached hydrogens (tertiary/aromatic N) is 1. The summed E-state index contributed by atoms with van der Waals surface area (Å²) in [7, 11) is 0. The minimum absolute atomic E-state index is 0.235. The van der Waals surface area contributed by atoms with Crippen molar-refractivity contribution in [3.05, 3.63) is 18.2 Å². The molecule has 0 aliphatic heterocycles. The number of rotatable bonds is 3. The monoisotopic (exact) mass is 213 g/mol. The lowest BCUT2D eigenvalue weighted by Crippen LogP contribution is -2.40. The van der Waals surface area contributed by atoms with Crippen molar-refractivity contribution in [2.24, 2.45) is 11.5 Å². The number of hydrogen-bond donors (Lipinski definition) is 4. The van der Waals surface area contributed by atoms with E-state index in [0.717, 1.165) is 0 Å². The van der Waals surface area contributed by atoms with E-state index in [4.69, 9.17) is 11.5 Å². The van der Waals surface area contributed by atoms with E-state index in [2.05, 4.69) is 14.8 Å². The van der Waals surface area contributed by atoms with E-state index < -0.39 is 18.0 Å². The Morgan fingerprint density at radius 1 is 1.67 bits per heavy atom. The summed E-state index contributed by atoms with van der Waals surface area (Å²) in [5.74, 6) is -0.775. The lowest BCUT2D eigenvalue weighted by Gasteiger charge is -2.08. The number of H-pyrrole nitrogens is 1. The lowest BCUT2D eigenvalue weighted by molar-refractivity contribution is -0.150. The first-order valence-corrected chi connectivity index (χ1v) is 4.08. The third-order valence-electron chi connectivity index (χ3n) is 1.55. The van der Waals surface area contributed by atoms with Crippen LogP contribution < -0.4 is 16.9 Å². The maximum atomic E-state index is 11.1. The van der Waals surface area contributed by atoms with Gasteiger partial charge in [0.05, 0.1) is 6.33 Å². The van der Waals surface area contributed by atoms with Crippen LogP contribution in [0.5, 0.6) is 0 Å². The van der Waals surface area contributed by atoms with E-state index in [1.807, 2.05) is 0 Å². The number of imidazole rings is 1. The molecule has 2 amide bonds. The number of amides is 2. The fraction of sp³-hybridized carbons (Fsp3) is 0.286. The molecule has 1 rings (SSSR count). The zero-order chi connectivity index (χ0) is 11.3. The van der Waals surface area contributed by atoms with Crippen molar-refractivity contribution in [3.8, 4) is 0 Å². The summed E-state index contributed by atoms with van der Waals surface area (Å²) < 4.78 is 0. The maximum absolute atomic E-state index is 11.1. The summed E-state index contributed by atoms with van der Waals surface area (Å²) >= 11 is 0. The average molecular weight is 213 g/mol. The van der Waals surface area contributed by atoms with Crippen molar-refractivity contribution in [1.82, 2.24) is 15.4 Å². The van der Waals surface area contributed by atoms with Gasteiger partial charge in [-0.3, -0.25) is 0 Å². The van der Waals surface area contributed by atoms with Crippen molar-refractivity contribution in [2.75, 3.05) is 0 Å². The number of nitrogens with two attached hydrogens (primary N) is 2. The van der Waals surface area contributed by atoms with E-state index in [-0.39, 0.29) is 6.42 Å². The molecule has 0 saturated carbocycles. The van der Waals surface area contributed by atoms with E-state index in [1.165, 1.54) is 12.5 Å². The second kappa shape index (κ2) is 4.96. The van der Waals surface area contributed by atoms with Crippen LogP contribution in [0.25, 0.3) is 0 Å². The molecule has 8 nitrogen and oxygen atoms in total. The van der Waals surface area contributed by atoms with Crippen molar-refractivity contribution >= 4 is 12.0 Å². The lowest BCUT2D eigenvalue weighted by atomic mass is 10.2. The second-order valence-corrected chi connectivity index (χ2v) is 2.77. The molecule has 1 aromatic heterocycles. The first-order valence-electron chi connectivity index (χ1n) is 4.08. The Hall–Kier alpha value is -2.09. The number of urea groups is 1. The first-order chi connectivity index (χ1) is 7.09. The molecule has 0 bridgehead atoms. The molecular weight excluding hydrogens is 202 g/mol. The molecule has 0 fully saturated rings. The predicted molar refractivity (Wildman–Crippen MR) is 49.1 cm³/mol. The summed E-state index contributed by atoms with van der Waals surface area (Å²) in [6.07, 6.45) is 3.24. The van der Waals surface area contributed by atoms with Gasteiger partial charge in [-0.25, -0.2) is 14.6 Å². The number of aromatic amines is 1. The minimum Gasteiger partial charge on any atom is -0.349 e. The van der Waals surface area contributed by atoms with Crippen LogP contribution in [-0.4, -0.2) is 28.0 Å². The summed E-state index contributed by atoms with van der Waals surface area (Å²) in [6, 6.07) is -1.85. The van der Waals surface area contributed by atoms with Gasteiger partial charge in [0.2, 0.25) is 0 Å². The summed E-state index contributed by atoms with van der Waals surface area (Å²) in [5, 5.41) is 0.